The Labute approximate surface area is 225 Å². The lowest BCUT2D eigenvalue weighted by molar-refractivity contribution is -0.233. The Bertz CT molecular complexity index is 963. The van der Waals surface area contributed by atoms with Gasteiger partial charge in [-0.2, -0.15) is 0 Å². The molecule has 2 spiro atoms. The van der Waals surface area contributed by atoms with Crippen LogP contribution in [0.2, 0.25) is 0 Å². The Morgan fingerprint density at radius 2 is 0.868 bits per heavy atom. The van der Waals surface area contributed by atoms with E-state index in [-0.39, 0.29) is 36.6 Å². The van der Waals surface area contributed by atoms with Crippen molar-refractivity contribution in [3.8, 4) is 0 Å². The first-order valence-corrected chi connectivity index (χ1v) is 14.8. The molecule has 6 nitrogen and oxygen atoms in total. The molecule has 2 aromatic carbocycles. The highest BCUT2D eigenvalue weighted by atomic mass is 16.8. The standard InChI is InChI=1S/C32H40O6/c1-5-13-23(14-6-1)21-33-25-26(34-22-24-15-7-2-8-16-24)28-30(38-32(36-28)19-11-4-12-20-32)29-27(25)35-31(37-29)17-9-3-10-18-31/h1-2,5-8,13-16,25-30H,3-4,9-12,17-22H2/t25-,26-,27-,28+,29-,30-/m1/s1. The molecule has 6 heteroatoms. The van der Waals surface area contributed by atoms with E-state index in [0.717, 1.165) is 62.5 Å². The van der Waals surface area contributed by atoms with E-state index < -0.39 is 11.6 Å². The van der Waals surface area contributed by atoms with Crippen molar-refractivity contribution in [2.24, 2.45) is 0 Å². The van der Waals surface area contributed by atoms with E-state index in [4.69, 9.17) is 28.4 Å². The molecule has 3 aliphatic carbocycles. The van der Waals surface area contributed by atoms with Crippen molar-refractivity contribution >= 4 is 0 Å². The number of ether oxygens (including phenoxy) is 6. The third-order valence-electron chi connectivity index (χ3n) is 9.15. The van der Waals surface area contributed by atoms with Crippen molar-refractivity contribution in [1.82, 2.24) is 0 Å². The quantitative estimate of drug-likeness (QED) is 0.462. The van der Waals surface area contributed by atoms with Crippen molar-refractivity contribution in [3.63, 3.8) is 0 Å². The minimum atomic E-state index is -0.549. The van der Waals surface area contributed by atoms with Crippen LogP contribution in [0.3, 0.4) is 0 Å². The van der Waals surface area contributed by atoms with Crippen LogP contribution >= 0.6 is 0 Å². The molecule has 7 rings (SSSR count). The highest BCUT2D eigenvalue weighted by Gasteiger charge is 2.67. The van der Waals surface area contributed by atoms with Gasteiger partial charge in [-0.05, 0) is 36.8 Å². The van der Waals surface area contributed by atoms with Crippen LogP contribution in [0.4, 0.5) is 0 Å². The van der Waals surface area contributed by atoms with Crippen LogP contribution in [-0.2, 0) is 41.6 Å². The third-order valence-corrected chi connectivity index (χ3v) is 9.15. The number of rotatable bonds is 6. The summed E-state index contributed by atoms with van der Waals surface area (Å²) in [6, 6.07) is 20.7. The van der Waals surface area contributed by atoms with Gasteiger partial charge in [0.2, 0.25) is 0 Å². The number of fused-ring (bicyclic) bond motifs is 3. The van der Waals surface area contributed by atoms with E-state index in [1.54, 1.807) is 0 Å². The van der Waals surface area contributed by atoms with Crippen molar-refractivity contribution < 1.29 is 28.4 Å². The van der Waals surface area contributed by atoms with Gasteiger partial charge in [0.05, 0.1) is 13.2 Å². The Balaban J connectivity index is 1.21. The summed E-state index contributed by atoms with van der Waals surface area (Å²) in [6.07, 6.45) is 9.01. The van der Waals surface area contributed by atoms with E-state index in [1.165, 1.54) is 12.8 Å². The normalized spacial score (nSPS) is 35.3. The summed E-state index contributed by atoms with van der Waals surface area (Å²) in [7, 11) is 0. The maximum atomic E-state index is 6.90. The van der Waals surface area contributed by atoms with Crippen molar-refractivity contribution in [3.05, 3.63) is 71.8 Å². The Kier molecular flexibility index (Phi) is 7.05. The molecule has 2 saturated heterocycles. The highest BCUT2D eigenvalue weighted by molar-refractivity contribution is 5.16. The van der Waals surface area contributed by atoms with Crippen molar-refractivity contribution in [2.45, 2.75) is 126 Å². The second-order valence-corrected chi connectivity index (χ2v) is 11.8. The molecule has 38 heavy (non-hydrogen) atoms. The second kappa shape index (κ2) is 10.6. The van der Waals surface area contributed by atoms with Gasteiger partial charge in [0.1, 0.15) is 36.6 Å². The maximum Gasteiger partial charge on any atom is 0.169 e. The molecule has 3 saturated carbocycles. The Hall–Kier alpha value is -1.80. The maximum absolute atomic E-state index is 6.90. The smallest absolute Gasteiger partial charge is 0.169 e. The summed E-state index contributed by atoms with van der Waals surface area (Å²) in [4.78, 5) is 0. The first-order valence-electron chi connectivity index (χ1n) is 14.8. The highest BCUT2D eigenvalue weighted by Crippen LogP contribution is 2.52. The monoisotopic (exact) mass is 520 g/mol. The minimum absolute atomic E-state index is 0.225. The van der Waals surface area contributed by atoms with Crippen molar-refractivity contribution in [2.75, 3.05) is 0 Å². The second-order valence-electron chi connectivity index (χ2n) is 11.8. The summed E-state index contributed by atoms with van der Waals surface area (Å²) in [6.45, 7) is 0.972. The Morgan fingerprint density at radius 3 is 1.26 bits per heavy atom. The summed E-state index contributed by atoms with van der Waals surface area (Å²) in [5.41, 5.74) is 2.26. The molecule has 5 fully saturated rings. The molecular formula is C32H40O6. The van der Waals surface area contributed by atoms with Crippen LogP contribution in [0.25, 0.3) is 0 Å². The fraction of sp³-hybridized carbons (Fsp3) is 0.625. The molecule has 0 radical (unpaired) electrons. The van der Waals surface area contributed by atoms with Crippen LogP contribution in [0.1, 0.15) is 75.3 Å². The van der Waals surface area contributed by atoms with Gasteiger partial charge in [0.15, 0.2) is 11.6 Å². The zero-order valence-corrected chi connectivity index (χ0v) is 22.2. The molecule has 0 unspecified atom stereocenters. The van der Waals surface area contributed by atoms with Gasteiger partial charge in [-0.25, -0.2) is 0 Å². The molecular weight excluding hydrogens is 480 g/mol. The van der Waals surface area contributed by atoms with Crippen LogP contribution in [-0.4, -0.2) is 48.2 Å². The average molecular weight is 521 g/mol. The first-order chi connectivity index (χ1) is 18.7. The lowest BCUT2D eigenvalue weighted by Crippen LogP contribution is -2.63. The summed E-state index contributed by atoms with van der Waals surface area (Å²) in [5, 5.41) is 0. The topological polar surface area (TPSA) is 55.4 Å². The average Bonchev–Trinajstić information content (AvgIpc) is 3.51. The van der Waals surface area contributed by atoms with Gasteiger partial charge < -0.3 is 28.4 Å². The van der Waals surface area contributed by atoms with E-state index in [1.807, 2.05) is 12.1 Å². The third kappa shape index (κ3) is 4.85. The SMILES string of the molecule is c1ccc(CO[C@@H]2[C@@H](OCc3ccccc3)[C@@H]3OC4(CCCCC4)O[C@H]3[C@@H]3OC4(CCCCC4)O[C@H]23)cc1. The van der Waals surface area contributed by atoms with Gasteiger partial charge in [0.25, 0.3) is 0 Å². The molecule has 204 valence electrons. The predicted octanol–water partition coefficient (Wildman–Crippen LogP) is 6.06. The molecule has 0 amide bonds. The number of hydrogen-bond donors (Lipinski definition) is 0. The van der Waals surface area contributed by atoms with Crippen LogP contribution < -0.4 is 0 Å². The largest absolute Gasteiger partial charge is 0.368 e. The summed E-state index contributed by atoms with van der Waals surface area (Å²) < 4.78 is 41.0. The summed E-state index contributed by atoms with van der Waals surface area (Å²) >= 11 is 0. The van der Waals surface area contributed by atoms with Crippen molar-refractivity contribution in [1.29, 1.82) is 0 Å². The number of hydrogen-bond acceptors (Lipinski definition) is 6. The van der Waals surface area contributed by atoms with Crippen LogP contribution in [0.5, 0.6) is 0 Å². The van der Waals surface area contributed by atoms with Gasteiger partial charge in [-0.3, -0.25) is 0 Å². The molecule has 0 bridgehead atoms. The van der Waals surface area contributed by atoms with Gasteiger partial charge in [-0.15, -0.1) is 0 Å². The van der Waals surface area contributed by atoms with E-state index in [0.29, 0.717) is 13.2 Å². The molecule has 2 heterocycles. The summed E-state index contributed by atoms with van der Waals surface area (Å²) in [5.74, 6) is -1.10. The molecule has 0 aromatic heterocycles. The number of benzene rings is 2. The van der Waals surface area contributed by atoms with E-state index in [9.17, 15) is 0 Å². The van der Waals surface area contributed by atoms with Gasteiger partial charge in [-0.1, -0.05) is 73.5 Å². The lowest BCUT2D eigenvalue weighted by atomic mass is 9.84. The van der Waals surface area contributed by atoms with Gasteiger partial charge >= 0.3 is 0 Å². The van der Waals surface area contributed by atoms with E-state index in [2.05, 4.69) is 48.5 Å². The fourth-order valence-corrected chi connectivity index (χ4v) is 7.27. The van der Waals surface area contributed by atoms with E-state index >= 15 is 0 Å². The molecule has 2 aliphatic heterocycles. The molecule has 6 atom stereocenters. The minimum Gasteiger partial charge on any atom is -0.368 e. The van der Waals surface area contributed by atoms with Crippen LogP contribution in [0, 0.1) is 0 Å². The van der Waals surface area contributed by atoms with Gasteiger partial charge in [0, 0.05) is 25.7 Å². The fourth-order valence-electron chi connectivity index (χ4n) is 7.27. The Morgan fingerprint density at radius 1 is 0.500 bits per heavy atom. The lowest BCUT2D eigenvalue weighted by Gasteiger charge is -2.42. The molecule has 2 aromatic rings. The predicted molar refractivity (Wildman–Crippen MR) is 141 cm³/mol. The van der Waals surface area contributed by atoms with Crippen LogP contribution in [0.15, 0.2) is 60.7 Å². The zero-order chi connectivity index (χ0) is 25.4. The molecule has 0 N–H and O–H groups in total. The molecule has 5 aliphatic rings. The first kappa shape index (κ1) is 25.2. The zero-order valence-electron chi connectivity index (χ0n) is 22.2.